The fourth-order valence-electron chi connectivity index (χ4n) is 4.03. The number of benzene rings is 1. The average Bonchev–Trinajstić information content (AvgIpc) is 3.29. The van der Waals surface area contributed by atoms with Crippen LogP contribution in [-0.2, 0) is 23.8 Å². The molecule has 4 rings (SSSR count). The second-order valence-electron chi connectivity index (χ2n) is 7.83. The molecule has 0 amide bonds. The average molecular weight is 494 g/mol. The number of nitrogens with zero attached hydrogens (tertiary/aromatic N) is 3. The molecule has 0 saturated carbocycles. The summed E-state index contributed by atoms with van der Waals surface area (Å²) < 4.78 is 45.7. The van der Waals surface area contributed by atoms with Crippen molar-refractivity contribution >= 4 is 40.4 Å². The first-order valence-corrected chi connectivity index (χ1v) is 10.4. The number of carbonyl (C=O) groups is 3. The van der Waals surface area contributed by atoms with Crippen LogP contribution in [0.1, 0.15) is 37.4 Å². The number of Topliss-reactive ketones (excluding diaryl/α,β-unsaturated/α-hetero) is 1. The summed E-state index contributed by atoms with van der Waals surface area (Å²) in [7, 11) is 0. The number of aromatic nitrogens is 3. The first kappa shape index (κ1) is 23.7. The summed E-state index contributed by atoms with van der Waals surface area (Å²) in [5.41, 5.74) is -1.77. The number of esters is 2. The SMILES string of the molecule is CC(=O)O[C@H]1[C@H](n2ccc3c(Cl)ncnc32)O[C@H](C(=O)c2ccc(F)c(F)c2)[C@@]1(C)OC(C)=O. The third-order valence-corrected chi connectivity index (χ3v) is 5.75. The van der Waals surface area contributed by atoms with Crippen molar-refractivity contribution in [2.45, 2.75) is 44.8 Å². The normalized spacial score (nSPS) is 24.2. The summed E-state index contributed by atoms with van der Waals surface area (Å²) in [5, 5.41) is 0.613. The highest BCUT2D eigenvalue weighted by Gasteiger charge is 2.62. The first-order chi connectivity index (χ1) is 16.0. The largest absolute Gasteiger partial charge is 0.453 e. The highest BCUT2D eigenvalue weighted by atomic mass is 35.5. The predicted octanol–water partition coefficient (Wildman–Crippen LogP) is 3.40. The lowest BCUT2D eigenvalue weighted by Crippen LogP contribution is -2.52. The van der Waals surface area contributed by atoms with Crippen LogP contribution in [0, 0.1) is 11.6 Å². The van der Waals surface area contributed by atoms with Crippen LogP contribution in [0.15, 0.2) is 36.8 Å². The van der Waals surface area contributed by atoms with E-state index in [1.54, 1.807) is 6.07 Å². The second kappa shape index (κ2) is 8.73. The zero-order valence-corrected chi connectivity index (χ0v) is 18.9. The standard InChI is InChI=1S/C22H18ClF2N3O6/c1-10(29)32-18-21(28-7-6-13-19(23)26-9-27-20(13)28)33-17(22(18,3)34-11(2)30)16(31)12-4-5-14(24)15(25)8-12/h4-9,17-18,21H,1-3H3/t17-,18+,21-,22-/m1/s1. The summed E-state index contributed by atoms with van der Waals surface area (Å²) in [4.78, 5) is 45.4. The van der Waals surface area contributed by atoms with Crippen molar-refractivity contribution in [1.29, 1.82) is 0 Å². The molecule has 34 heavy (non-hydrogen) atoms. The fraction of sp³-hybridized carbons (Fsp3) is 0.318. The lowest BCUT2D eigenvalue weighted by atomic mass is 9.88. The maximum Gasteiger partial charge on any atom is 0.303 e. The minimum atomic E-state index is -1.84. The molecule has 4 atom stereocenters. The van der Waals surface area contributed by atoms with Crippen LogP contribution in [0.25, 0.3) is 11.0 Å². The predicted molar refractivity (Wildman–Crippen MR) is 113 cm³/mol. The zero-order valence-electron chi connectivity index (χ0n) is 18.1. The van der Waals surface area contributed by atoms with Crippen molar-refractivity contribution in [1.82, 2.24) is 14.5 Å². The number of halogens is 3. The van der Waals surface area contributed by atoms with Crippen molar-refractivity contribution in [3.05, 3.63) is 59.1 Å². The quantitative estimate of drug-likeness (QED) is 0.302. The number of carbonyl (C=O) groups excluding carboxylic acids is 3. The van der Waals surface area contributed by atoms with Crippen LogP contribution in [0.2, 0.25) is 5.15 Å². The zero-order chi connectivity index (χ0) is 24.8. The van der Waals surface area contributed by atoms with Gasteiger partial charge in [-0.3, -0.25) is 14.4 Å². The van der Waals surface area contributed by atoms with E-state index in [9.17, 15) is 23.2 Å². The second-order valence-corrected chi connectivity index (χ2v) is 8.19. The molecule has 1 aliphatic heterocycles. The Balaban J connectivity index is 1.86. The van der Waals surface area contributed by atoms with Gasteiger partial charge in [0.15, 0.2) is 41.5 Å². The van der Waals surface area contributed by atoms with Crippen LogP contribution in [0.3, 0.4) is 0 Å². The number of hydrogen-bond donors (Lipinski definition) is 0. The molecular weight excluding hydrogens is 476 g/mol. The molecule has 0 aliphatic carbocycles. The highest BCUT2D eigenvalue weighted by molar-refractivity contribution is 6.33. The highest BCUT2D eigenvalue weighted by Crippen LogP contribution is 2.44. The van der Waals surface area contributed by atoms with E-state index < -0.39 is 53.4 Å². The smallest absolute Gasteiger partial charge is 0.303 e. The van der Waals surface area contributed by atoms with Gasteiger partial charge in [0.25, 0.3) is 0 Å². The molecule has 1 fully saturated rings. The Bertz CT molecular complexity index is 1320. The van der Waals surface area contributed by atoms with Gasteiger partial charge in [0.1, 0.15) is 17.1 Å². The van der Waals surface area contributed by atoms with Gasteiger partial charge in [-0.25, -0.2) is 18.7 Å². The van der Waals surface area contributed by atoms with Crippen molar-refractivity contribution in [3.63, 3.8) is 0 Å². The lowest BCUT2D eigenvalue weighted by Gasteiger charge is -2.33. The molecule has 3 heterocycles. The summed E-state index contributed by atoms with van der Waals surface area (Å²) in [5.74, 6) is -4.71. The third-order valence-electron chi connectivity index (χ3n) is 5.45. The van der Waals surface area contributed by atoms with Gasteiger partial charge in [0.05, 0.1) is 5.39 Å². The Morgan fingerprint density at radius 2 is 1.85 bits per heavy atom. The molecular formula is C22H18ClF2N3O6. The molecule has 0 radical (unpaired) electrons. The fourth-order valence-corrected chi connectivity index (χ4v) is 4.22. The minimum Gasteiger partial charge on any atom is -0.453 e. The van der Waals surface area contributed by atoms with Crippen LogP contribution in [0.5, 0.6) is 0 Å². The third kappa shape index (κ3) is 4.01. The van der Waals surface area contributed by atoms with E-state index in [1.807, 2.05) is 0 Å². The Morgan fingerprint density at radius 1 is 1.12 bits per heavy atom. The molecule has 0 unspecified atom stereocenters. The maximum atomic E-state index is 13.8. The lowest BCUT2D eigenvalue weighted by molar-refractivity contribution is -0.179. The van der Waals surface area contributed by atoms with E-state index in [2.05, 4.69) is 9.97 Å². The maximum absolute atomic E-state index is 13.8. The van der Waals surface area contributed by atoms with Gasteiger partial charge in [-0.2, -0.15) is 0 Å². The molecule has 1 aliphatic rings. The van der Waals surface area contributed by atoms with E-state index >= 15 is 0 Å². The van der Waals surface area contributed by atoms with Gasteiger partial charge < -0.3 is 18.8 Å². The Kier molecular flexibility index (Phi) is 6.09. The molecule has 1 saturated heterocycles. The van der Waals surface area contributed by atoms with Gasteiger partial charge in [-0.05, 0) is 31.2 Å². The van der Waals surface area contributed by atoms with Gasteiger partial charge in [-0.15, -0.1) is 0 Å². The van der Waals surface area contributed by atoms with Gasteiger partial charge in [-0.1, -0.05) is 11.6 Å². The van der Waals surface area contributed by atoms with Crippen LogP contribution < -0.4 is 0 Å². The van der Waals surface area contributed by atoms with Crippen LogP contribution in [0.4, 0.5) is 8.78 Å². The van der Waals surface area contributed by atoms with Crippen molar-refractivity contribution in [2.75, 3.05) is 0 Å². The first-order valence-electron chi connectivity index (χ1n) is 10.0. The Morgan fingerprint density at radius 3 is 2.50 bits per heavy atom. The number of fused-ring (bicyclic) bond motifs is 1. The van der Waals surface area contributed by atoms with E-state index in [-0.39, 0.29) is 10.7 Å². The van der Waals surface area contributed by atoms with Crippen molar-refractivity contribution in [3.8, 4) is 0 Å². The molecule has 9 nitrogen and oxygen atoms in total. The molecule has 2 aromatic heterocycles. The topological polar surface area (TPSA) is 110 Å². The van der Waals surface area contributed by atoms with Crippen molar-refractivity contribution < 1.29 is 37.4 Å². The van der Waals surface area contributed by atoms with Crippen LogP contribution >= 0.6 is 11.6 Å². The summed E-state index contributed by atoms with van der Waals surface area (Å²) in [6.07, 6.45) is -1.32. The van der Waals surface area contributed by atoms with E-state index in [1.165, 1.54) is 24.0 Å². The minimum absolute atomic E-state index is 0.156. The van der Waals surface area contributed by atoms with E-state index in [0.717, 1.165) is 26.0 Å². The number of ketones is 1. The molecule has 0 bridgehead atoms. The van der Waals surface area contributed by atoms with E-state index in [4.69, 9.17) is 25.8 Å². The van der Waals surface area contributed by atoms with E-state index in [0.29, 0.717) is 17.1 Å². The molecule has 3 aromatic rings. The number of hydrogen-bond acceptors (Lipinski definition) is 8. The molecule has 178 valence electrons. The monoisotopic (exact) mass is 493 g/mol. The molecule has 1 aromatic carbocycles. The Hall–Kier alpha value is -3.44. The number of ether oxygens (including phenoxy) is 3. The Labute approximate surface area is 196 Å². The van der Waals surface area contributed by atoms with Crippen LogP contribution in [-0.4, -0.2) is 50.1 Å². The number of rotatable bonds is 5. The summed E-state index contributed by atoms with van der Waals surface area (Å²) in [6.45, 7) is 3.61. The van der Waals surface area contributed by atoms with Gasteiger partial charge in [0.2, 0.25) is 0 Å². The molecule has 0 spiro atoms. The summed E-state index contributed by atoms with van der Waals surface area (Å²) in [6, 6.07) is 4.17. The van der Waals surface area contributed by atoms with Gasteiger partial charge in [0, 0.05) is 25.6 Å². The molecule has 12 heteroatoms. The molecule has 0 N–H and O–H groups in total. The van der Waals surface area contributed by atoms with Gasteiger partial charge >= 0.3 is 11.9 Å². The van der Waals surface area contributed by atoms with Crippen molar-refractivity contribution in [2.24, 2.45) is 0 Å². The summed E-state index contributed by atoms with van der Waals surface area (Å²) >= 11 is 6.13.